The third-order valence-electron chi connectivity index (χ3n) is 12.9. The lowest BCUT2D eigenvalue weighted by Gasteiger charge is -2.39. The van der Waals surface area contributed by atoms with E-state index in [0.29, 0.717) is 5.41 Å². The van der Waals surface area contributed by atoms with E-state index in [1.165, 1.54) is 80.5 Å². The molecule has 4 aliphatic rings. The zero-order valence-corrected chi connectivity index (χ0v) is 31.1. The summed E-state index contributed by atoms with van der Waals surface area (Å²) in [7, 11) is 0. The second-order valence-corrected chi connectivity index (χ2v) is 17.1. The van der Waals surface area contributed by atoms with Gasteiger partial charge in [-0.05, 0) is 157 Å². The molecule has 1 aromatic heterocycles. The van der Waals surface area contributed by atoms with E-state index < -0.39 is 0 Å². The van der Waals surface area contributed by atoms with Gasteiger partial charge in [0.05, 0.1) is 0 Å². The first kappa shape index (κ1) is 31.8. The normalized spacial score (nSPS) is 21.2. The molecule has 4 saturated carbocycles. The topological polar surface area (TPSA) is 6.48 Å². The number of fused-ring (bicyclic) bond motifs is 3. The van der Waals surface area contributed by atoms with Gasteiger partial charge in [-0.25, -0.2) is 0 Å². The van der Waals surface area contributed by atoms with E-state index in [-0.39, 0.29) is 0 Å². The maximum atomic E-state index is 2.45. The molecule has 2 atom stereocenters. The highest BCUT2D eigenvalue weighted by Gasteiger charge is 2.56. The molecule has 0 saturated heterocycles. The minimum absolute atomic E-state index is 0.425. The molecule has 1 heterocycles. The molecule has 262 valence electrons. The Hall–Kier alpha value is -5.64. The van der Waals surface area contributed by atoms with Crippen LogP contribution in [0.1, 0.15) is 37.7 Å². The summed E-state index contributed by atoms with van der Waals surface area (Å²) in [4.78, 5) is 4.76. The van der Waals surface area contributed by atoms with E-state index in [1.54, 1.807) is 5.56 Å². The molecule has 0 spiro atoms. The van der Waals surface area contributed by atoms with Crippen LogP contribution >= 0.6 is 11.3 Å². The zero-order chi connectivity index (χ0) is 35.6. The summed E-state index contributed by atoms with van der Waals surface area (Å²) in [6.07, 6.45) is 7.19. The van der Waals surface area contributed by atoms with Crippen LogP contribution in [0.5, 0.6) is 0 Å². The van der Waals surface area contributed by atoms with Crippen LogP contribution < -0.4 is 9.80 Å². The predicted molar refractivity (Wildman–Crippen MR) is 229 cm³/mol. The SMILES string of the molecule is c1ccc(N(c2ccc(-c3ccc(N(c4ccccc4)c4ccc5sc6ccccc6c5c4)cc3)cc2)c2ccc(C34CC5CC(C3)C(C5)C4)cc2)cc1. The van der Waals surface area contributed by atoms with Gasteiger partial charge in [-0.2, -0.15) is 0 Å². The van der Waals surface area contributed by atoms with Gasteiger partial charge in [0.15, 0.2) is 0 Å². The largest absolute Gasteiger partial charge is 0.311 e. The van der Waals surface area contributed by atoms with Crippen LogP contribution in [0.25, 0.3) is 31.3 Å². The third kappa shape index (κ3) is 5.36. The summed E-state index contributed by atoms with van der Waals surface area (Å²) in [6, 6.07) is 64.9. The number of rotatable bonds is 8. The van der Waals surface area contributed by atoms with Gasteiger partial charge >= 0.3 is 0 Å². The third-order valence-corrected chi connectivity index (χ3v) is 14.0. The quantitative estimate of drug-likeness (QED) is 0.155. The molecule has 8 aromatic rings. The predicted octanol–water partition coefficient (Wildman–Crippen LogP) is 14.7. The van der Waals surface area contributed by atoms with Crippen LogP contribution in [0.15, 0.2) is 176 Å². The Bertz CT molecular complexity index is 2570. The number of anilines is 6. The Morgan fingerprint density at radius 3 is 1.44 bits per heavy atom. The molecule has 7 aromatic carbocycles. The fraction of sp³-hybridized carbons (Fsp3) is 0.176. The van der Waals surface area contributed by atoms with E-state index in [2.05, 4.69) is 186 Å². The van der Waals surface area contributed by atoms with Gasteiger partial charge in [0.2, 0.25) is 0 Å². The first-order valence-electron chi connectivity index (χ1n) is 19.6. The van der Waals surface area contributed by atoms with Crippen molar-refractivity contribution in [2.24, 2.45) is 17.8 Å². The molecule has 0 aliphatic heterocycles. The van der Waals surface area contributed by atoms with Crippen molar-refractivity contribution in [1.82, 2.24) is 0 Å². The van der Waals surface area contributed by atoms with Crippen molar-refractivity contribution in [3.8, 4) is 11.1 Å². The Kier molecular flexibility index (Phi) is 7.52. The van der Waals surface area contributed by atoms with Gasteiger partial charge in [0.25, 0.3) is 0 Å². The van der Waals surface area contributed by atoms with E-state index in [9.17, 15) is 0 Å². The highest BCUT2D eigenvalue weighted by atomic mass is 32.1. The lowest BCUT2D eigenvalue weighted by atomic mass is 9.66. The molecule has 54 heavy (non-hydrogen) atoms. The number of benzene rings is 7. The summed E-state index contributed by atoms with van der Waals surface area (Å²) < 4.78 is 2.64. The zero-order valence-electron chi connectivity index (χ0n) is 30.3. The van der Waals surface area contributed by atoms with Gasteiger partial charge in [0, 0.05) is 54.3 Å². The molecule has 0 N–H and O–H groups in total. The first-order chi connectivity index (χ1) is 26.7. The second kappa shape index (κ2) is 12.7. The van der Waals surface area contributed by atoms with Crippen LogP contribution in [0.3, 0.4) is 0 Å². The van der Waals surface area contributed by atoms with Crippen molar-refractivity contribution in [3.05, 3.63) is 181 Å². The Morgan fingerprint density at radius 1 is 0.407 bits per heavy atom. The number of nitrogens with zero attached hydrogens (tertiary/aromatic N) is 2. The van der Waals surface area contributed by atoms with Gasteiger partial charge in [0.1, 0.15) is 0 Å². The minimum atomic E-state index is 0.425. The molecule has 2 nitrogen and oxygen atoms in total. The minimum Gasteiger partial charge on any atom is -0.311 e. The average Bonchev–Trinajstić information content (AvgIpc) is 3.83. The van der Waals surface area contributed by atoms with Crippen LogP contribution in [-0.2, 0) is 5.41 Å². The van der Waals surface area contributed by atoms with E-state index >= 15 is 0 Å². The summed E-state index contributed by atoms with van der Waals surface area (Å²) in [6.45, 7) is 0. The maximum Gasteiger partial charge on any atom is 0.0468 e. The van der Waals surface area contributed by atoms with Crippen molar-refractivity contribution in [2.75, 3.05) is 9.80 Å². The summed E-state index contributed by atoms with van der Waals surface area (Å²) in [5.74, 6) is 2.91. The lowest BCUT2D eigenvalue weighted by Crippen LogP contribution is -2.31. The second-order valence-electron chi connectivity index (χ2n) is 16.0. The molecule has 0 amide bonds. The van der Waals surface area contributed by atoms with Gasteiger partial charge < -0.3 is 9.80 Å². The fourth-order valence-electron chi connectivity index (χ4n) is 10.6. The highest BCUT2D eigenvalue weighted by molar-refractivity contribution is 7.25. The van der Waals surface area contributed by atoms with E-state index in [4.69, 9.17) is 0 Å². The fourth-order valence-corrected chi connectivity index (χ4v) is 11.7. The average molecular weight is 715 g/mol. The highest BCUT2D eigenvalue weighted by Crippen LogP contribution is 2.64. The molecule has 4 aliphatic carbocycles. The van der Waals surface area contributed by atoms with E-state index in [1.807, 2.05) is 11.3 Å². The lowest BCUT2D eigenvalue weighted by molar-refractivity contribution is 0.229. The van der Waals surface area contributed by atoms with Crippen molar-refractivity contribution >= 4 is 65.6 Å². The van der Waals surface area contributed by atoms with Crippen LogP contribution in [0, 0.1) is 17.8 Å². The van der Waals surface area contributed by atoms with Gasteiger partial charge in [-0.15, -0.1) is 11.3 Å². The standard InChI is InChI=1S/C51H42N2S/c1-3-9-41(10-4-1)52(45-25-19-40(20-26-45)51-32-35-29-38(33-51)39(30-35)34-51)43-21-15-36(16-22-43)37-17-23-44(24-18-37)53(42-11-5-2-6-12-42)46-27-28-50-48(31-46)47-13-7-8-14-49(47)54-50/h1-28,31,35,38-39H,29-30,32-34H2. The summed E-state index contributed by atoms with van der Waals surface area (Å²) in [5, 5.41) is 2.62. The smallest absolute Gasteiger partial charge is 0.0468 e. The van der Waals surface area contributed by atoms with Crippen molar-refractivity contribution in [1.29, 1.82) is 0 Å². The number of para-hydroxylation sites is 2. The Morgan fingerprint density at radius 2 is 0.870 bits per heavy atom. The number of hydrogen-bond acceptors (Lipinski definition) is 3. The molecule has 4 fully saturated rings. The molecular formula is C51H42N2S. The monoisotopic (exact) mass is 714 g/mol. The first-order valence-corrected chi connectivity index (χ1v) is 20.4. The molecular weight excluding hydrogens is 673 g/mol. The Balaban J connectivity index is 0.898. The summed E-state index contributed by atoms with van der Waals surface area (Å²) >= 11 is 1.86. The van der Waals surface area contributed by atoms with Crippen molar-refractivity contribution in [2.45, 2.75) is 37.5 Å². The van der Waals surface area contributed by atoms with Crippen molar-refractivity contribution in [3.63, 3.8) is 0 Å². The maximum absolute atomic E-state index is 2.45. The van der Waals surface area contributed by atoms with Gasteiger partial charge in [-0.1, -0.05) is 91.0 Å². The molecule has 4 bridgehead atoms. The molecule has 0 radical (unpaired) electrons. The molecule has 12 rings (SSSR count). The van der Waals surface area contributed by atoms with Crippen molar-refractivity contribution < 1.29 is 0 Å². The van der Waals surface area contributed by atoms with Gasteiger partial charge in [-0.3, -0.25) is 0 Å². The number of thiophene rings is 1. The van der Waals surface area contributed by atoms with E-state index in [0.717, 1.165) is 34.8 Å². The molecule has 2 unspecified atom stereocenters. The number of hydrogen-bond donors (Lipinski definition) is 0. The van der Waals surface area contributed by atoms with Crippen LogP contribution in [0.4, 0.5) is 34.1 Å². The van der Waals surface area contributed by atoms with Crippen LogP contribution in [0.2, 0.25) is 0 Å². The Labute approximate surface area is 322 Å². The van der Waals surface area contributed by atoms with Crippen LogP contribution in [-0.4, -0.2) is 0 Å². The molecule has 3 heteroatoms. The summed E-state index contributed by atoms with van der Waals surface area (Å²) in [5.41, 5.74) is 11.4.